The maximum Gasteiger partial charge on any atom is 0.264 e. The Bertz CT molecular complexity index is 860. The van der Waals surface area contributed by atoms with E-state index in [-0.39, 0.29) is 23.9 Å². The number of ether oxygens (including phenoxy) is 1. The van der Waals surface area contributed by atoms with Crippen LogP contribution in [0, 0.1) is 0 Å². The summed E-state index contributed by atoms with van der Waals surface area (Å²) in [5.74, 6) is 0.190. The van der Waals surface area contributed by atoms with Gasteiger partial charge in [0.15, 0.2) is 0 Å². The quantitative estimate of drug-likeness (QED) is 0.763. The zero-order chi connectivity index (χ0) is 18.3. The van der Waals surface area contributed by atoms with E-state index in [1.165, 1.54) is 21.6 Å². The monoisotopic (exact) mass is 418 g/mol. The molecule has 4 nitrogen and oxygen atoms in total. The van der Waals surface area contributed by atoms with Crippen LogP contribution >= 0.6 is 23.7 Å². The number of hydrogen-bond acceptors (Lipinski definition) is 4. The van der Waals surface area contributed by atoms with Crippen molar-refractivity contribution in [3.63, 3.8) is 0 Å². The Hall–Kier alpha value is -1.40. The Morgan fingerprint density at radius 2 is 1.89 bits per heavy atom. The van der Waals surface area contributed by atoms with Crippen LogP contribution in [-0.4, -0.2) is 37.0 Å². The molecule has 1 amide bonds. The predicted octanol–water partition coefficient (Wildman–Crippen LogP) is 3.91. The van der Waals surface area contributed by atoms with Crippen LogP contribution in [0.15, 0.2) is 30.3 Å². The standard InChI is InChI=1S/C22H26N2O2S.ClH/c25-21(24-12-3-6-16-4-1-2-5-18(16)15-24)19-14-17-7-13-26-22(20(17)27-19)8-10-23-11-9-22;/h1-2,4-5,14,23H,3,6-13,15H2;1H. The van der Waals surface area contributed by atoms with Gasteiger partial charge in [0.2, 0.25) is 0 Å². The molecule has 5 rings (SSSR count). The zero-order valence-electron chi connectivity index (χ0n) is 16.0. The fourth-order valence-electron chi connectivity index (χ4n) is 4.76. The van der Waals surface area contributed by atoms with Crippen molar-refractivity contribution < 1.29 is 9.53 Å². The second-order valence-electron chi connectivity index (χ2n) is 7.91. The number of hydrogen-bond donors (Lipinski definition) is 1. The first-order chi connectivity index (χ1) is 13.3. The molecule has 0 unspecified atom stereocenters. The first kappa shape index (κ1) is 19.9. The molecule has 3 aliphatic rings. The normalized spacial score (nSPS) is 20.6. The van der Waals surface area contributed by atoms with Crippen LogP contribution in [0.25, 0.3) is 0 Å². The molecule has 0 saturated carbocycles. The lowest BCUT2D eigenvalue weighted by Crippen LogP contribution is -2.43. The lowest BCUT2D eigenvalue weighted by Gasteiger charge is -2.40. The van der Waals surface area contributed by atoms with E-state index in [0.717, 1.165) is 69.8 Å². The van der Waals surface area contributed by atoms with Crippen molar-refractivity contribution in [3.05, 3.63) is 56.8 Å². The molecule has 28 heavy (non-hydrogen) atoms. The van der Waals surface area contributed by atoms with E-state index in [4.69, 9.17) is 4.74 Å². The van der Waals surface area contributed by atoms with Crippen LogP contribution in [0.5, 0.6) is 0 Å². The maximum atomic E-state index is 13.3. The van der Waals surface area contributed by atoms with Gasteiger partial charge < -0.3 is 15.0 Å². The summed E-state index contributed by atoms with van der Waals surface area (Å²) in [4.78, 5) is 17.6. The van der Waals surface area contributed by atoms with Crippen LogP contribution < -0.4 is 5.32 Å². The molecule has 6 heteroatoms. The first-order valence-corrected chi connectivity index (χ1v) is 10.9. The van der Waals surface area contributed by atoms with Crippen LogP contribution in [0.4, 0.5) is 0 Å². The summed E-state index contributed by atoms with van der Waals surface area (Å²) in [5.41, 5.74) is 3.86. The number of benzene rings is 1. The highest BCUT2D eigenvalue weighted by Crippen LogP contribution is 2.44. The Kier molecular flexibility index (Phi) is 5.79. The van der Waals surface area contributed by atoms with Crippen molar-refractivity contribution in [3.8, 4) is 0 Å². The van der Waals surface area contributed by atoms with E-state index in [2.05, 4.69) is 35.6 Å². The molecule has 0 radical (unpaired) electrons. The van der Waals surface area contributed by atoms with Crippen LogP contribution in [0.1, 0.15) is 50.5 Å². The van der Waals surface area contributed by atoms with Gasteiger partial charge >= 0.3 is 0 Å². The van der Waals surface area contributed by atoms with Crippen LogP contribution in [0.3, 0.4) is 0 Å². The highest BCUT2D eigenvalue weighted by molar-refractivity contribution is 7.14. The van der Waals surface area contributed by atoms with Gasteiger partial charge in [0.1, 0.15) is 5.60 Å². The second kappa shape index (κ2) is 8.15. The van der Waals surface area contributed by atoms with Crippen LogP contribution in [-0.2, 0) is 29.7 Å². The van der Waals surface area contributed by atoms with Gasteiger partial charge in [-0.2, -0.15) is 0 Å². The fourth-order valence-corrected chi connectivity index (χ4v) is 6.14. The molecule has 1 fully saturated rings. The van der Waals surface area contributed by atoms with E-state index < -0.39 is 0 Å². The van der Waals surface area contributed by atoms with Crippen molar-refractivity contribution in [2.24, 2.45) is 0 Å². The maximum absolute atomic E-state index is 13.3. The highest BCUT2D eigenvalue weighted by atomic mass is 35.5. The van der Waals surface area contributed by atoms with Crippen molar-refractivity contribution >= 4 is 29.7 Å². The summed E-state index contributed by atoms with van der Waals surface area (Å²) in [6.07, 6.45) is 5.03. The minimum Gasteiger partial charge on any atom is -0.369 e. The molecule has 2 aromatic rings. The third kappa shape index (κ3) is 3.50. The summed E-state index contributed by atoms with van der Waals surface area (Å²) in [6.45, 7) is 4.31. The summed E-state index contributed by atoms with van der Waals surface area (Å²) in [6, 6.07) is 10.7. The van der Waals surface area contributed by atoms with Crippen LogP contribution in [0.2, 0.25) is 0 Å². The van der Waals surface area contributed by atoms with Crippen molar-refractivity contribution in [2.75, 3.05) is 26.2 Å². The molecule has 4 heterocycles. The Balaban J connectivity index is 0.00000192. The SMILES string of the molecule is Cl.O=C(c1cc2c(s1)C1(CCNCC1)OCC2)N1CCCc2ccccc2C1. The molecule has 150 valence electrons. The topological polar surface area (TPSA) is 41.6 Å². The molecule has 3 aliphatic heterocycles. The fraction of sp³-hybridized carbons (Fsp3) is 0.500. The number of amides is 1. The number of halogens is 1. The van der Waals surface area contributed by atoms with Gasteiger partial charge in [-0.3, -0.25) is 4.79 Å². The van der Waals surface area contributed by atoms with Crippen molar-refractivity contribution in [2.45, 2.75) is 44.2 Å². The van der Waals surface area contributed by atoms with Gasteiger partial charge in [-0.25, -0.2) is 0 Å². The van der Waals surface area contributed by atoms with Gasteiger partial charge in [-0.05, 0) is 68.0 Å². The predicted molar refractivity (Wildman–Crippen MR) is 115 cm³/mol. The molecule has 0 bridgehead atoms. The molecule has 0 aliphatic carbocycles. The Labute approximate surface area is 176 Å². The third-order valence-electron chi connectivity index (χ3n) is 6.24. The molecule has 1 aromatic heterocycles. The Morgan fingerprint density at radius 1 is 1.11 bits per heavy atom. The van der Waals surface area contributed by atoms with Gasteiger partial charge in [-0.1, -0.05) is 24.3 Å². The number of nitrogens with one attached hydrogen (secondary N) is 1. The Morgan fingerprint density at radius 3 is 2.71 bits per heavy atom. The summed E-state index contributed by atoms with van der Waals surface area (Å²) < 4.78 is 6.28. The molecular formula is C22H27ClN2O2S. The smallest absolute Gasteiger partial charge is 0.264 e. The second-order valence-corrected chi connectivity index (χ2v) is 8.96. The average Bonchev–Trinajstić information content (AvgIpc) is 3.03. The minimum atomic E-state index is -0.159. The van der Waals surface area contributed by atoms with Gasteiger partial charge in [0.25, 0.3) is 5.91 Å². The molecule has 1 saturated heterocycles. The molecule has 1 N–H and O–H groups in total. The number of aryl methyl sites for hydroxylation is 1. The van der Waals surface area contributed by atoms with Crippen molar-refractivity contribution in [1.29, 1.82) is 0 Å². The van der Waals surface area contributed by atoms with E-state index >= 15 is 0 Å². The molecule has 0 atom stereocenters. The van der Waals surface area contributed by atoms with E-state index in [9.17, 15) is 4.79 Å². The minimum absolute atomic E-state index is 0. The van der Waals surface area contributed by atoms with E-state index in [0.29, 0.717) is 0 Å². The summed E-state index contributed by atoms with van der Waals surface area (Å²) in [5, 5.41) is 3.43. The number of nitrogens with zero attached hydrogens (tertiary/aromatic N) is 1. The third-order valence-corrected chi connectivity index (χ3v) is 7.59. The van der Waals surface area contributed by atoms with E-state index in [1.807, 2.05) is 4.90 Å². The molecular weight excluding hydrogens is 392 g/mol. The number of carbonyl (C=O) groups excluding carboxylic acids is 1. The zero-order valence-corrected chi connectivity index (χ0v) is 17.7. The van der Waals surface area contributed by atoms with Crippen molar-refractivity contribution in [1.82, 2.24) is 10.2 Å². The number of rotatable bonds is 1. The number of thiophene rings is 1. The first-order valence-electron chi connectivity index (χ1n) is 10.1. The van der Waals surface area contributed by atoms with Gasteiger partial charge in [0, 0.05) is 18.0 Å². The average molecular weight is 419 g/mol. The summed E-state index contributed by atoms with van der Waals surface area (Å²) >= 11 is 1.69. The van der Waals surface area contributed by atoms with Gasteiger partial charge in [-0.15, -0.1) is 23.7 Å². The molecule has 1 aromatic carbocycles. The van der Waals surface area contributed by atoms with E-state index in [1.54, 1.807) is 11.3 Å². The highest BCUT2D eigenvalue weighted by Gasteiger charge is 2.41. The molecule has 1 spiro atoms. The number of piperidine rings is 1. The lowest BCUT2D eigenvalue weighted by atomic mass is 9.86. The van der Waals surface area contributed by atoms with Gasteiger partial charge in [0.05, 0.1) is 11.5 Å². The lowest BCUT2D eigenvalue weighted by molar-refractivity contribution is -0.0771. The number of carbonyl (C=O) groups is 1. The largest absolute Gasteiger partial charge is 0.369 e. The summed E-state index contributed by atoms with van der Waals surface area (Å²) in [7, 11) is 0. The number of fused-ring (bicyclic) bond motifs is 3.